The number of hydrogen-bond donors (Lipinski definition) is 1. The molecule has 2 aliphatic rings. The van der Waals surface area contributed by atoms with Crippen molar-refractivity contribution in [2.45, 2.75) is 20.1 Å². The van der Waals surface area contributed by atoms with Crippen molar-refractivity contribution in [2.75, 3.05) is 11.7 Å². The molecular weight excluding hydrogens is 399 g/mol. The van der Waals surface area contributed by atoms with Crippen LogP contribution in [0.4, 0.5) is 10.1 Å². The number of anilines is 1. The molecule has 3 aromatic rings. The van der Waals surface area contributed by atoms with Gasteiger partial charge in [0, 0.05) is 16.7 Å². The molecule has 1 amide bonds. The molecule has 2 heterocycles. The molecular formula is C24H19FN2O4. The van der Waals surface area contributed by atoms with Gasteiger partial charge in [0.25, 0.3) is 5.91 Å². The predicted octanol–water partition coefficient (Wildman–Crippen LogP) is 4.39. The van der Waals surface area contributed by atoms with Gasteiger partial charge in [0.1, 0.15) is 11.6 Å². The van der Waals surface area contributed by atoms with E-state index in [9.17, 15) is 14.4 Å². The van der Waals surface area contributed by atoms with Gasteiger partial charge >= 0.3 is 0 Å². The Morgan fingerprint density at radius 3 is 2.77 bits per heavy atom. The third-order valence-electron chi connectivity index (χ3n) is 5.63. The Morgan fingerprint density at radius 2 is 1.97 bits per heavy atom. The lowest BCUT2D eigenvalue weighted by Gasteiger charge is -2.24. The first kappa shape index (κ1) is 19.3. The molecule has 5 rings (SSSR count). The van der Waals surface area contributed by atoms with Crippen LogP contribution in [0.5, 0.6) is 5.75 Å². The van der Waals surface area contributed by atoms with E-state index in [1.54, 1.807) is 6.07 Å². The van der Waals surface area contributed by atoms with E-state index in [4.69, 9.17) is 9.47 Å². The number of hydrogen-bond acceptors (Lipinski definition) is 5. The van der Waals surface area contributed by atoms with E-state index in [0.717, 1.165) is 16.7 Å². The van der Waals surface area contributed by atoms with Crippen molar-refractivity contribution in [1.29, 1.82) is 0 Å². The Hall–Kier alpha value is -3.71. The van der Waals surface area contributed by atoms with E-state index >= 15 is 0 Å². The first-order valence-corrected chi connectivity index (χ1v) is 9.83. The van der Waals surface area contributed by atoms with Gasteiger partial charge in [-0.15, -0.1) is 0 Å². The zero-order valence-electron chi connectivity index (χ0n) is 16.8. The molecule has 0 saturated carbocycles. The lowest BCUT2D eigenvalue weighted by atomic mass is 9.98. The number of carbonyl (C=O) groups is 1. The quantitative estimate of drug-likeness (QED) is 0.506. The Kier molecular flexibility index (Phi) is 4.67. The van der Waals surface area contributed by atoms with Crippen molar-refractivity contribution < 1.29 is 23.9 Å². The second kappa shape index (κ2) is 7.52. The van der Waals surface area contributed by atoms with Gasteiger partial charge in [0.2, 0.25) is 0 Å². The summed E-state index contributed by atoms with van der Waals surface area (Å²) in [7, 11) is 0. The maximum atomic E-state index is 14.2. The number of fused-ring (bicyclic) bond motifs is 2. The summed E-state index contributed by atoms with van der Waals surface area (Å²) in [6.45, 7) is 2.40. The highest BCUT2D eigenvalue weighted by molar-refractivity contribution is 6.54. The minimum Gasteiger partial charge on any atom is -0.467 e. The number of aryl methyl sites for hydroxylation is 1. The van der Waals surface area contributed by atoms with Gasteiger partial charge in [0.15, 0.2) is 12.5 Å². The molecule has 0 bridgehead atoms. The molecule has 0 fully saturated rings. The van der Waals surface area contributed by atoms with E-state index in [1.807, 2.05) is 43.3 Å². The monoisotopic (exact) mass is 418 g/mol. The van der Waals surface area contributed by atoms with Crippen molar-refractivity contribution in [2.24, 2.45) is 5.16 Å². The highest BCUT2D eigenvalue weighted by atomic mass is 19.1. The number of benzene rings is 3. The first-order valence-electron chi connectivity index (χ1n) is 9.83. The van der Waals surface area contributed by atoms with Crippen LogP contribution in [0.25, 0.3) is 11.1 Å². The number of ether oxygens (including phenoxy) is 2. The average Bonchev–Trinajstić information content (AvgIpc) is 3.04. The minimum atomic E-state index is -0.454. The molecule has 6 nitrogen and oxygen atoms in total. The smallest absolute Gasteiger partial charge is 0.281 e. The van der Waals surface area contributed by atoms with E-state index < -0.39 is 11.7 Å². The summed E-state index contributed by atoms with van der Waals surface area (Å²) < 4.78 is 25.1. The summed E-state index contributed by atoms with van der Waals surface area (Å²) in [5.74, 6) is -0.365. The Balaban J connectivity index is 1.60. The highest BCUT2D eigenvalue weighted by Crippen LogP contribution is 2.38. The number of carbonyl (C=O) groups excluding carboxylic acids is 1. The van der Waals surface area contributed by atoms with E-state index in [0.29, 0.717) is 28.1 Å². The Morgan fingerprint density at radius 1 is 1.13 bits per heavy atom. The van der Waals surface area contributed by atoms with Crippen LogP contribution in [-0.4, -0.2) is 23.6 Å². The Labute approximate surface area is 178 Å². The van der Waals surface area contributed by atoms with E-state index in [-0.39, 0.29) is 25.7 Å². The van der Waals surface area contributed by atoms with Crippen molar-refractivity contribution in [3.63, 3.8) is 0 Å². The molecule has 3 aromatic carbocycles. The number of rotatable bonds is 3. The average molecular weight is 418 g/mol. The minimum absolute atomic E-state index is 0.0409. The van der Waals surface area contributed by atoms with Crippen molar-refractivity contribution in [3.8, 4) is 16.9 Å². The molecule has 2 aliphatic heterocycles. The van der Waals surface area contributed by atoms with Gasteiger partial charge in [-0.3, -0.25) is 4.79 Å². The lowest BCUT2D eigenvalue weighted by molar-refractivity contribution is -0.112. The molecule has 1 N–H and O–H groups in total. The molecule has 0 spiro atoms. The second-order valence-corrected chi connectivity index (χ2v) is 7.55. The fraction of sp³-hybridized carbons (Fsp3) is 0.167. The predicted molar refractivity (Wildman–Crippen MR) is 113 cm³/mol. The normalized spacial score (nSPS) is 16.3. The van der Waals surface area contributed by atoms with Gasteiger partial charge < -0.3 is 19.6 Å². The molecule has 0 aliphatic carbocycles. The zero-order chi connectivity index (χ0) is 21.5. The zero-order valence-corrected chi connectivity index (χ0v) is 16.8. The van der Waals surface area contributed by atoms with E-state index in [1.165, 1.54) is 17.0 Å². The van der Waals surface area contributed by atoms with Gasteiger partial charge in [-0.05, 0) is 47.9 Å². The third-order valence-corrected chi connectivity index (χ3v) is 5.63. The number of nitrogens with zero attached hydrogens (tertiary/aromatic N) is 2. The summed E-state index contributed by atoms with van der Waals surface area (Å²) in [6, 6.07) is 16.2. The van der Waals surface area contributed by atoms with Crippen LogP contribution in [0.2, 0.25) is 0 Å². The summed E-state index contributed by atoms with van der Waals surface area (Å²) in [6.07, 6.45) is 0. The lowest BCUT2D eigenvalue weighted by Crippen LogP contribution is -2.30. The van der Waals surface area contributed by atoms with Gasteiger partial charge in [0.05, 0.1) is 18.8 Å². The molecule has 0 radical (unpaired) electrons. The van der Waals surface area contributed by atoms with Gasteiger partial charge in [-0.1, -0.05) is 35.5 Å². The molecule has 0 atom stereocenters. The van der Waals surface area contributed by atoms with Crippen molar-refractivity contribution in [1.82, 2.24) is 0 Å². The van der Waals surface area contributed by atoms with Crippen LogP contribution < -0.4 is 9.64 Å². The fourth-order valence-corrected chi connectivity index (χ4v) is 4.17. The largest absolute Gasteiger partial charge is 0.467 e. The van der Waals surface area contributed by atoms with Crippen molar-refractivity contribution >= 4 is 17.3 Å². The maximum absolute atomic E-state index is 14.2. The van der Waals surface area contributed by atoms with Gasteiger partial charge in [-0.2, -0.15) is 0 Å². The number of halogens is 1. The summed E-state index contributed by atoms with van der Waals surface area (Å²) in [4.78, 5) is 14.5. The summed E-state index contributed by atoms with van der Waals surface area (Å²) in [5.41, 5.74) is 5.28. The van der Waals surface area contributed by atoms with Gasteiger partial charge in [-0.25, -0.2) is 4.39 Å². The van der Waals surface area contributed by atoms with Crippen molar-refractivity contribution in [3.05, 3.63) is 82.7 Å². The highest BCUT2D eigenvalue weighted by Gasteiger charge is 2.36. The molecule has 156 valence electrons. The maximum Gasteiger partial charge on any atom is 0.281 e. The summed E-state index contributed by atoms with van der Waals surface area (Å²) >= 11 is 0. The molecule has 0 saturated heterocycles. The molecule has 7 heteroatoms. The van der Waals surface area contributed by atoms with Crippen LogP contribution in [-0.2, 0) is 22.7 Å². The standard InChI is InChI=1S/C24H19FN2O4/c1-14-4-2-3-5-19(14)15-6-7-20-21(10-15)27(24(28)22(20)26-29)11-16-8-18(25)9-17-12-30-13-31-23(16)17/h2-10,29H,11-13H2,1H3/b26-22-. The van der Waals surface area contributed by atoms with E-state index in [2.05, 4.69) is 5.16 Å². The van der Waals surface area contributed by atoms with Crippen LogP contribution in [0.15, 0.2) is 59.8 Å². The molecule has 31 heavy (non-hydrogen) atoms. The first-order chi connectivity index (χ1) is 15.1. The topological polar surface area (TPSA) is 71.4 Å². The molecule has 0 unspecified atom stereocenters. The van der Waals surface area contributed by atoms with Crippen LogP contribution >= 0.6 is 0 Å². The number of oxime groups is 1. The van der Waals surface area contributed by atoms with Crippen LogP contribution in [0.3, 0.4) is 0 Å². The van der Waals surface area contributed by atoms with Crippen LogP contribution in [0.1, 0.15) is 22.3 Å². The number of amides is 1. The summed E-state index contributed by atoms with van der Waals surface area (Å²) in [5, 5.41) is 12.7. The molecule has 0 aromatic heterocycles. The fourth-order valence-electron chi connectivity index (χ4n) is 4.17. The second-order valence-electron chi connectivity index (χ2n) is 7.55. The third kappa shape index (κ3) is 3.23. The van der Waals surface area contributed by atoms with Crippen LogP contribution in [0, 0.1) is 12.7 Å². The SMILES string of the molecule is Cc1ccccc1-c1ccc2c(c1)N(Cc1cc(F)cc3c1OCOC3)C(=O)/C2=N\O. The Bertz CT molecular complexity index is 1240.